The Hall–Kier alpha value is -1.60. The average molecular weight is 319 g/mol. The number of nitrogens with zero attached hydrogens (tertiary/aromatic N) is 4. The minimum atomic E-state index is 0.171. The molecule has 2 aromatic rings. The smallest absolute Gasteiger partial charge is 0.223 e. The van der Waals surface area contributed by atoms with Crippen molar-refractivity contribution in [3.63, 3.8) is 0 Å². The van der Waals surface area contributed by atoms with Crippen molar-refractivity contribution in [1.82, 2.24) is 19.5 Å². The number of hydrogen-bond donors (Lipinski definition) is 2. The lowest BCUT2D eigenvalue weighted by Gasteiger charge is -2.12. The summed E-state index contributed by atoms with van der Waals surface area (Å²) in [5, 5.41) is 10.1. The first-order chi connectivity index (χ1) is 10.7. The highest BCUT2D eigenvalue weighted by atomic mass is 32.2. The number of unbranched alkanes of at least 4 members (excludes halogenated alkanes) is 1. The average Bonchev–Trinajstić information content (AvgIpc) is 3.13. The Morgan fingerprint density at radius 1 is 1.41 bits per heavy atom. The number of aliphatic hydroxyl groups excluding tert-OH is 1. The molecule has 2 aromatic heterocycles. The molecule has 7 heteroatoms. The molecule has 2 atom stereocenters. The number of aliphatic hydroxyl groups is 1. The van der Waals surface area contributed by atoms with Gasteiger partial charge in [-0.15, -0.1) is 11.8 Å². The number of nitrogens with two attached hydrogens (primary N) is 1. The molecule has 1 aliphatic carbocycles. The molecule has 0 fully saturated rings. The van der Waals surface area contributed by atoms with Crippen LogP contribution in [0.2, 0.25) is 0 Å². The van der Waals surface area contributed by atoms with Crippen molar-refractivity contribution in [2.45, 2.75) is 37.3 Å². The van der Waals surface area contributed by atoms with Gasteiger partial charge >= 0.3 is 0 Å². The zero-order valence-electron chi connectivity index (χ0n) is 12.6. The molecule has 0 unspecified atom stereocenters. The van der Waals surface area contributed by atoms with Crippen LogP contribution in [0.4, 0.5) is 5.95 Å². The molecule has 0 saturated carbocycles. The van der Waals surface area contributed by atoms with Crippen molar-refractivity contribution in [2.75, 3.05) is 18.1 Å². The van der Waals surface area contributed by atoms with E-state index in [0.717, 1.165) is 41.2 Å². The third-order valence-electron chi connectivity index (χ3n) is 3.88. The normalized spacial score (nSPS) is 21.0. The Balaban J connectivity index is 1.92. The monoisotopic (exact) mass is 319 g/mol. The van der Waals surface area contributed by atoms with E-state index >= 15 is 0 Å². The molecule has 0 aromatic carbocycles. The largest absolute Gasteiger partial charge is 0.396 e. The van der Waals surface area contributed by atoms with Crippen molar-refractivity contribution >= 4 is 28.9 Å². The van der Waals surface area contributed by atoms with Gasteiger partial charge in [-0.25, -0.2) is 9.97 Å². The summed E-state index contributed by atoms with van der Waals surface area (Å²) in [6.07, 6.45) is 9.12. The van der Waals surface area contributed by atoms with E-state index in [-0.39, 0.29) is 24.5 Å². The predicted octanol–water partition coefficient (Wildman–Crippen LogP) is 2.41. The van der Waals surface area contributed by atoms with Crippen LogP contribution in [0.15, 0.2) is 23.5 Å². The van der Waals surface area contributed by atoms with Crippen molar-refractivity contribution in [2.24, 2.45) is 5.92 Å². The Morgan fingerprint density at radius 3 is 3.00 bits per heavy atom. The summed E-state index contributed by atoms with van der Waals surface area (Å²) < 4.78 is 2.03. The lowest BCUT2D eigenvalue weighted by atomic mass is 10.1. The number of aromatic nitrogens is 4. The maximum Gasteiger partial charge on any atom is 0.223 e. The lowest BCUT2D eigenvalue weighted by Crippen LogP contribution is -2.08. The van der Waals surface area contributed by atoms with Gasteiger partial charge < -0.3 is 15.4 Å². The zero-order chi connectivity index (χ0) is 15.5. The van der Waals surface area contributed by atoms with Crippen LogP contribution in [0.3, 0.4) is 0 Å². The molecule has 0 saturated heterocycles. The highest BCUT2D eigenvalue weighted by Gasteiger charge is 2.23. The number of rotatable bonds is 6. The van der Waals surface area contributed by atoms with E-state index in [1.165, 1.54) is 0 Å². The summed E-state index contributed by atoms with van der Waals surface area (Å²) in [4.78, 5) is 13.2. The summed E-state index contributed by atoms with van der Waals surface area (Å²) in [5.41, 5.74) is 7.47. The minimum absolute atomic E-state index is 0.171. The van der Waals surface area contributed by atoms with E-state index in [1.807, 2.05) is 4.57 Å². The van der Waals surface area contributed by atoms with Gasteiger partial charge in [0.2, 0.25) is 5.95 Å². The van der Waals surface area contributed by atoms with E-state index in [0.29, 0.717) is 0 Å². The summed E-state index contributed by atoms with van der Waals surface area (Å²) in [7, 11) is 0. The number of imidazole rings is 1. The van der Waals surface area contributed by atoms with Gasteiger partial charge in [-0.05, 0) is 18.6 Å². The Bertz CT molecular complexity index is 684. The Labute approximate surface area is 133 Å². The summed E-state index contributed by atoms with van der Waals surface area (Å²) in [5.74, 6) is 1.50. The number of fused-ring (bicyclic) bond motifs is 1. The highest BCUT2D eigenvalue weighted by Crippen LogP contribution is 2.32. The Kier molecular flexibility index (Phi) is 4.63. The minimum Gasteiger partial charge on any atom is -0.396 e. The molecule has 118 valence electrons. The van der Waals surface area contributed by atoms with E-state index in [2.05, 4.69) is 34.0 Å². The van der Waals surface area contributed by atoms with Gasteiger partial charge in [0.25, 0.3) is 0 Å². The third kappa shape index (κ3) is 2.96. The maximum absolute atomic E-state index is 9.28. The maximum atomic E-state index is 9.28. The van der Waals surface area contributed by atoms with Gasteiger partial charge in [0.1, 0.15) is 10.5 Å². The standard InChI is InChI=1S/C15H21N5OS/c1-2-3-6-22-14-12-13(18-15(16)19-14)20(9-17-12)11-5-4-10(7-11)8-21/h4-5,9-11,21H,2-3,6-8H2,1H3,(H2,16,18,19)/t10-,11+/m1/s1. The summed E-state index contributed by atoms with van der Waals surface area (Å²) in [6, 6.07) is 0.171. The van der Waals surface area contributed by atoms with Gasteiger partial charge in [-0.2, -0.15) is 4.98 Å². The van der Waals surface area contributed by atoms with Crippen LogP contribution in [0.25, 0.3) is 11.2 Å². The van der Waals surface area contributed by atoms with E-state index in [9.17, 15) is 5.11 Å². The fraction of sp³-hybridized carbons (Fsp3) is 0.533. The van der Waals surface area contributed by atoms with Gasteiger partial charge in [0, 0.05) is 12.5 Å². The van der Waals surface area contributed by atoms with Crippen LogP contribution in [0, 0.1) is 5.92 Å². The molecule has 0 spiro atoms. The van der Waals surface area contributed by atoms with Gasteiger partial charge in [-0.3, -0.25) is 0 Å². The second kappa shape index (κ2) is 6.66. The van der Waals surface area contributed by atoms with E-state index in [4.69, 9.17) is 5.73 Å². The molecule has 3 N–H and O–H groups in total. The van der Waals surface area contributed by atoms with Crippen LogP contribution in [-0.4, -0.2) is 37.0 Å². The third-order valence-corrected chi connectivity index (χ3v) is 4.94. The molecule has 0 bridgehead atoms. The van der Waals surface area contributed by atoms with Gasteiger partial charge in [0.15, 0.2) is 5.65 Å². The predicted molar refractivity (Wildman–Crippen MR) is 88.7 cm³/mol. The van der Waals surface area contributed by atoms with Gasteiger partial charge in [0.05, 0.1) is 12.4 Å². The second-order valence-electron chi connectivity index (χ2n) is 5.54. The number of allylic oxidation sites excluding steroid dienone is 1. The van der Waals surface area contributed by atoms with E-state index < -0.39 is 0 Å². The van der Waals surface area contributed by atoms with E-state index in [1.54, 1.807) is 18.1 Å². The highest BCUT2D eigenvalue weighted by molar-refractivity contribution is 7.99. The van der Waals surface area contributed by atoms with Crippen LogP contribution < -0.4 is 5.73 Å². The SMILES string of the molecule is CCCCSc1nc(N)nc2c1ncn2[C@H]1C=C[C@@H](CO)C1. The zero-order valence-corrected chi connectivity index (χ0v) is 13.5. The fourth-order valence-corrected chi connectivity index (χ4v) is 3.72. The fourth-order valence-electron chi connectivity index (χ4n) is 2.66. The topological polar surface area (TPSA) is 89.9 Å². The Morgan fingerprint density at radius 2 is 2.27 bits per heavy atom. The summed E-state index contributed by atoms with van der Waals surface area (Å²) in [6.45, 7) is 2.35. The molecule has 22 heavy (non-hydrogen) atoms. The number of thioether (sulfide) groups is 1. The van der Waals surface area contributed by atoms with Crippen molar-refractivity contribution in [1.29, 1.82) is 0 Å². The molecular formula is C15H21N5OS. The first kappa shape index (κ1) is 15.3. The molecule has 0 radical (unpaired) electrons. The molecule has 0 amide bonds. The van der Waals surface area contributed by atoms with Gasteiger partial charge in [-0.1, -0.05) is 25.5 Å². The molecule has 6 nitrogen and oxygen atoms in total. The lowest BCUT2D eigenvalue weighted by molar-refractivity contribution is 0.244. The first-order valence-electron chi connectivity index (χ1n) is 7.65. The van der Waals surface area contributed by atoms with Crippen molar-refractivity contribution < 1.29 is 5.11 Å². The molecule has 3 rings (SSSR count). The quantitative estimate of drug-likeness (QED) is 0.368. The molecule has 2 heterocycles. The van der Waals surface area contributed by atoms with Crippen molar-refractivity contribution in [3.8, 4) is 0 Å². The number of anilines is 1. The van der Waals surface area contributed by atoms with Crippen LogP contribution in [0.1, 0.15) is 32.2 Å². The summed E-state index contributed by atoms with van der Waals surface area (Å²) >= 11 is 1.68. The number of hydrogen-bond acceptors (Lipinski definition) is 6. The number of nitrogen functional groups attached to an aromatic ring is 1. The second-order valence-corrected chi connectivity index (χ2v) is 6.63. The molecule has 1 aliphatic rings. The van der Waals surface area contributed by atoms with Crippen molar-refractivity contribution in [3.05, 3.63) is 18.5 Å². The molecular weight excluding hydrogens is 298 g/mol. The first-order valence-corrected chi connectivity index (χ1v) is 8.63. The van der Waals surface area contributed by atoms with Crippen LogP contribution >= 0.6 is 11.8 Å². The van der Waals surface area contributed by atoms with Crippen LogP contribution in [0.5, 0.6) is 0 Å². The molecule has 0 aliphatic heterocycles. The van der Waals surface area contributed by atoms with Crippen LogP contribution in [-0.2, 0) is 0 Å².